The van der Waals surface area contributed by atoms with Crippen molar-refractivity contribution in [3.05, 3.63) is 115 Å². The summed E-state index contributed by atoms with van der Waals surface area (Å²) >= 11 is 0. The van der Waals surface area contributed by atoms with E-state index in [-0.39, 0.29) is 5.41 Å². The molecule has 0 bridgehead atoms. The Bertz CT molecular complexity index is 1990. The molecule has 0 radical (unpaired) electrons. The highest BCUT2D eigenvalue weighted by Gasteiger charge is 2.41. The second-order valence-electron chi connectivity index (χ2n) is 10.3. The van der Waals surface area contributed by atoms with Gasteiger partial charge in [0.2, 0.25) is 0 Å². The second kappa shape index (κ2) is 6.79. The third kappa shape index (κ3) is 2.37. The number of fused-ring (bicyclic) bond motifs is 11. The highest BCUT2D eigenvalue weighted by Crippen LogP contribution is 2.52. The van der Waals surface area contributed by atoms with Crippen molar-refractivity contribution >= 4 is 43.2 Å². The van der Waals surface area contributed by atoms with Gasteiger partial charge in [-0.1, -0.05) is 74.5 Å². The van der Waals surface area contributed by atoms with E-state index in [0.717, 1.165) is 16.9 Å². The molecule has 3 heteroatoms. The van der Waals surface area contributed by atoms with Gasteiger partial charge in [0.15, 0.2) is 0 Å². The first-order chi connectivity index (χ1) is 17.6. The van der Waals surface area contributed by atoms with Gasteiger partial charge in [-0.3, -0.25) is 9.97 Å². The molecule has 0 fully saturated rings. The van der Waals surface area contributed by atoms with Crippen LogP contribution in [0.5, 0.6) is 0 Å². The standard InChI is InChI=1S/C33H23N3/c1-33(2)28-12-7-16-35-31(28)30-26-15-17-34-19-29(26)36(32(30)33)20-13-14-25-23-10-4-3-8-21(23)22-9-5-6-11-24(22)27(25)18-20/h3-19H,1-2H3. The molecule has 0 saturated carbocycles. The molecule has 1 aliphatic carbocycles. The summed E-state index contributed by atoms with van der Waals surface area (Å²) in [6.07, 6.45) is 5.79. The van der Waals surface area contributed by atoms with Crippen LogP contribution in [0.25, 0.3) is 60.2 Å². The summed E-state index contributed by atoms with van der Waals surface area (Å²) in [5.74, 6) is 0. The molecular weight excluding hydrogens is 438 g/mol. The molecule has 0 aliphatic heterocycles. The van der Waals surface area contributed by atoms with Crippen LogP contribution in [0.3, 0.4) is 0 Å². The van der Waals surface area contributed by atoms with Gasteiger partial charge in [0.1, 0.15) is 0 Å². The zero-order valence-electron chi connectivity index (χ0n) is 20.2. The van der Waals surface area contributed by atoms with E-state index in [4.69, 9.17) is 4.98 Å². The lowest BCUT2D eigenvalue weighted by molar-refractivity contribution is 0.623. The Morgan fingerprint density at radius 1 is 0.639 bits per heavy atom. The van der Waals surface area contributed by atoms with Gasteiger partial charge < -0.3 is 4.57 Å². The molecule has 36 heavy (non-hydrogen) atoms. The highest BCUT2D eigenvalue weighted by atomic mass is 15.0. The zero-order valence-corrected chi connectivity index (χ0v) is 20.2. The van der Waals surface area contributed by atoms with Crippen molar-refractivity contribution in [2.24, 2.45) is 0 Å². The van der Waals surface area contributed by atoms with E-state index < -0.39 is 0 Å². The summed E-state index contributed by atoms with van der Waals surface area (Å²) in [4.78, 5) is 9.37. The van der Waals surface area contributed by atoms with Crippen molar-refractivity contribution in [3.63, 3.8) is 0 Å². The first-order valence-corrected chi connectivity index (χ1v) is 12.4. The van der Waals surface area contributed by atoms with Crippen molar-refractivity contribution in [2.45, 2.75) is 19.3 Å². The third-order valence-electron chi connectivity index (χ3n) is 8.07. The molecule has 1 aliphatic rings. The predicted molar refractivity (Wildman–Crippen MR) is 149 cm³/mol. The van der Waals surface area contributed by atoms with Gasteiger partial charge in [-0.05, 0) is 62.1 Å². The van der Waals surface area contributed by atoms with E-state index in [1.165, 1.54) is 54.5 Å². The Kier molecular flexibility index (Phi) is 3.73. The van der Waals surface area contributed by atoms with E-state index in [1.807, 2.05) is 24.7 Å². The molecule has 3 nitrogen and oxygen atoms in total. The maximum Gasteiger partial charge on any atom is 0.0768 e. The molecule has 0 N–H and O–H groups in total. The van der Waals surface area contributed by atoms with Crippen molar-refractivity contribution in [3.8, 4) is 16.9 Å². The van der Waals surface area contributed by atoms with Gasteiger partial charge in [-0.25, -0.2) is 0 Å². The van der Waals surface area contributed by atoms with Crippen molar-refractivity contribution in [2.75, 3.05) is 0 Å². The first-order valence-electron chi connectivity index (χ1n) is 12.4. The van der Waals surface area contributed by atoms with Gasteiger partial charge in [0.05, 0.1) is 17.4 Å². The van der Waals surface area contributed by atoms with E-state index in [0.29, 0.717) is 0 Å². The maximum absolute atomic E-state index is 4.84. The maximum atomic E-state index is 4.84. The SMILES string of the molecule is CC1(C)c2cccnc2-c2c1n(-c1ccc3c4ccccc4c4ccccc4c3c1)c1cnccc21. The largest absolute Gasteiger partial charge is 0.310 e. The number of hydrogen-bond donors (Lipinski definition) is 0. The Morgan fingerprint density at radius 3 is 2.03 bits per heavy atom. The molecule has 8 rings (SSSR count). The van der Waals surface area contributed by atoms with Crippen LogP contribution < -0.4 is 0 Å². The van der Waals surface area contributed by atoms with Crippen LogP contribution in [0, 0.1) is 0 Å². The number of aromatic nitrogens is 3. The van der Waals surface area contributed by atoms with Gasteiger partial charge in [-0.15, -0.1) is 0 Å². The zero-order chi connectivity index (χ0) is 24.0. The van der Waals surface area contributed by atoms with E-state index in [9.17, 15) is 0 Å². The second-order valence-corrected chi connectivity index (χ2v) is 10.3. The Hall–Kier alpha value is -4.50. The van der Waals surface area contributed by atoms with Crippen LogP contribution in [0.1, 0.15) is 25.1 Å². The van der Waals surface area contributed by atoms with Gasteiger partial charge in [0.25, 0.3) is 0 Å². The Morgan fingerprint density at radius 2 is 1.31 bits per heavy atom. The van der Waals surface area contributed by atoms with E-state index >= 15 is 0 Å². The molecule has 170 valence electrons. The molecule has 4 aromatic carbocycles. The lowest BCUT2D eigenvalue weighted by Gasteiger charge is -2.24. The third-order valence-corrected chi connectivity index (χ3v) is 8.07. The quantitative estimate of drug-likeness (QED) is 0.231. The number of pyridine rings is 2. The molecule has 0 unspecified atom stereocenters. The number of nitrogens with zero attached hydrogens (tertiary/aromatic N) is 3. The number of hydrogen-bond acceptors (Lipinski definition) is 2. The lowest BCUT2D eigenvalue weighted by atomic mass is 9.86. The molecule has 7 aromatic rings. The fourth-order valence-electron chi connectivity index (χ4n) is 6.51. The minimum atomic E-state index is -0.182. The summed E-state index contributed by atoms with van der Waals surface area (Å²) in [5, 5.41) is 8.92. The van der Waals surface area contributed by atoms with Crippen LogP contribution >= 0.6 is 0 Å². The summed E-state index contributed by atoms with van der Waals surface area (Å²) in [7, 11) is 0. The minimum Gasteiger partial charge on any atom is -0.310 e. The predicted octanol–water partition coefficient (Wildman–Crippen LogP) is 8.19. The molecule has 0 spiro atoms. The number of rotatable bonds is 1. The fourth-order valence-corrected chi connectivity index (χ4v) is 6.51. The molecule has 0 atom stereocenters. The molecule has 0 amide bonds. The first kappa shape index (κ1) is 19.8. The summed E-state index contributed by atoms with van der Waals surface area (Å²) in [6, 6.07) is 30.8. The monoisotopic (exact) mass is 461 g/mol. The minimum absolute atomic E-state index is 0.182. The van der Waals surface area contributed by atoms with Gasteiger partial charge in [-0.2, -0.15) is 0 Å². The van der Waals surface area contributed by atoms with Crippen LogP contribution in [-0.4, -0.2) is 14.5 Å². The van der Waals surface area contributed by atoms with Gasteiger partial charge >= 0.3 is 0 Å². The summed E-state index contributed by atoms with van der Waals surface area (Å²) in [5.41, 5.74) is 6.97. The van der Waals surface area contributed by atoms with Crippen LogP contribution in [0.15, 0.2) is 104 Å². The van der Waals surface area contributed by atoms with Crippen molar-refractivity contribution in [1.82, 2.24) is 14.5 Å². The molecule has 0 saturated heterocycles. The average molecular weight is 462 g/mol. The fraction of sp³-hybridized carbons (Fsp3) is 0.0909. The summed E-state index contributed by atoms with van der Waals surface area (Å²) < 4.78 is 2.42. The normalized spacial score (nSPS) is 14.1. The lowest BCUT2D eigenvalue weighted by Crippen LogP contribution is -2.20. The molecular formula is C33H23N3. The van der Waals surface area contributed by atoms with Crippen LogP contribution in [0.2, 0.25) is 0 Å². The van der Waals surface area contributed by atoms with E-state index in [2.05, 4.69) is 102 Å². The van der Waals surface area contributed by atoms with Crippen LogP contribution in [0.4, 0.5) is 0 Å². The Balaban J connectivity index is 1.53. The van der Waals surface area contributed by atoms with Gasteiger partial charge in [0, 0.05) is 40.1 Å². The Labute approximate surface area is 208 Å². The van der Waals surface area contributed by atoms with Crippen molar-refractivity contribution < 1.29 is 0 Å². The van der Waals surface area contributed by atoms with Crippen LogP contribution in [-0.2, 0) is 5.41 Å². The summed E-state index contributed by atoms with van der Waals surface area (Å²) in [6.45, 7) is 4.62. The van der Waals surface area contributed by atoms with Crippen molar-refractivity contribution in [1.29, 1.82) is 0 Å². The highest BCUT2D eigenvalue weighted by molar-refractivity contribution is 6.25. The average Bonchev–Trinajstić information content (AvgIpc) is 3.40. The topological polar surface area (TPSA) is 30.7 Å². The van der Waals surface area contributed by atoms with E-state index in [1.54, 1.807) is 0 Å². The number of benzene rings is 4. The molecule has 3 aromatic heterocycles. The molecule has 3 heterocycles. The smallest absolute Gasteiger partial charge is 0.0768 e.